The number of hydrogen-bond donors (Lipinski definition) is 3. The van der Waals surface area contributed by atoms with Crippen molar-refractivity contribution in [3.8, 4) is 0 Å². The summed E-state index contributed by atoms with van der Waals surface area (Å²) in [4.78, 5) is 13.9. The van der Waals surface area contributed by atoms with E-state index in [1.54, 1.807) is 0 Å². The average molecular weight is 443 g/mol. The summed E-state index contributed by atoms with van der Waals surface area (Å²) in [5.41, 5.74) is 9.09. The second-order valence-corrected chi connectivity index (χ2v) is 11.0. The Kier molecular flexibility index (Phi) is 9.06. The highest BCUT2D eigenvalue weighted by atomic mass is 16.1. The third-order valence-corrected chi connectivity index (χ3v) is 6.85. The lowest BCUT2D eigenvalue weighted by Gasteiger charge is -2.40. The number of carbonyl (C=O) groups excluding carboxylic acids is 1. The number of nitrogens with zero attached hydrogens (tertiary/aromatic N) is 1. The number of amides is 1. The molecule has 3 atom stereocenters. The van der Waals surface area contributed by atoms with Gasteiger partial charge in [-0.2, -0.15) is 0 Å². The third-order valence-electron chi connectivity index (χ3n) is 6.85. The molecule has 1 saturated heterocycles. The molecule has 0 aromatic carbocycles. The molecule has 2 fully saturated rings. The first-order valence-electron chi connectivity index (χ1n) is 12.2. The summed E-state index contributed by atoms with van der Waals surface area (Å²) in [5.74, 6) is 0.0911. The quantitative estimate of drug-likeness (QED) is 0.394. The van der Waals surface area contributed by atoms with Crippen molar-refractivity contribution in [1.29, 1.82) is 0 Å². The van der Waals surface area contributed by atoms with Gasteiger partial charge in [-0.3, -0.25) is 4.79 Å². The van der Waals surface area contributed by atoms with Crippen LogP contribution in [0, 0.1) is 11.3 Å². The molecule has 0 bridgehead atoms. The normalized spacial score (nSPS) is 21.5. The molecule has 1 heterocycles. The highest BCUT2D eigenvalue weighted by molar-refractivity contribution is 5.92. The third kappa shape index (κ3) is 7.18. The van der Waals surface area contributed by atoms with E-state index in [-0.39, 0.29) is 23.5 Å². The number of allylic oxidation sites excluding steroid dienone is 1. The fourth-order valence-corrected chi connectivity index (χ4v) is 5.18. The largest absolute Gasteiger partial charge is 0.380 e. The topological polar surface area (TPSA) is 70.4 Å². The number of rotatable bonds is 11. The Morgan fingerprint density at radius 2 is 1.66 bits per heavy atom. The Bertz CT molecular complexity index is 726. The van der Waals surface area contributed by atoms with E-state index in [4.69, 9.17) is 5.73 Å². The molecule has 180 valence electrons. The molecule has 1 aliphatic carbocycles. The zero-order chi connectivity index (χ0) is 24.1. The molecule has 1 saturated carbocycles. The molecule has 2 rings (SSSR count). The fourth-order valence-electron chi connectivity index (χ4n) is 5.18. The van der Waals surface area contributed by atoms with Crippen LogP contribution >= 0.6 is 0 Å². The van der Waals surface area contributed by atoms with E-state index in [1.165, 1.54) is 32.1 Å². The number of carbonyl (C=O) groups is 1. The number of primary amides is 1. The van der Waals surface area contributed by atoms with Crippen molar-refractivity contribution in [3.63, 3.8) is 0 Å². The van der Waals surface area contributed by atoms with Gasteiger partial charge in [0.15, 0.2) is 0 Å². The molecule has 4 N–H and O–H groups in total. The number of hydrogen-bond acceptors (Lipinski definition) is 4. The van der Waals surface area contributed by atoms with Crippen molar-refractivity contribution in [1.82, 2.24) is 15.5 Å². The summed E-state index contributed by atoms with van der Waals surface area (Å²) >= 11 is 0. The summed E-state index contributed by atoms with van der Waals surface area (Å²) in [6.45, 7) is 26.7. The van der Waals surface area contributed by atoms with Crippen molar-refractivity contribution < 1.29 is 4.79 Å². The second kappa shape index (κ2) is 11.1. The van der Waals surface area contributed by atoms with Gasteiger partial charge in [0.05, 0.1) is 18.1 Å². The monoisotopic (exact) mass is 442 g/mol. The summed E-state index contributed by atoms with van der Waals surface area (Å²) in [6, 6.07) is 0.0977. The molecule has 1 aliphatic heterocycles. The average Bonchev–Trinajstić information content (AvgIpc) is 3.20. The van der Waals surface area contributed by atoms with Crippen LogP contribution in [0.25, 0.3) is 0 Å². The van der Waals surface area contributed by atoms with Crippen LogP contribution in [0.15, 0.2) is 49.0 Å². The van der Waals surface area contributed by atoms with Gasteiger partial charge in [-0.25, -0.2) is 0 Å². The maximum atomic E-state index is 11.5. The van der Waals surface area contributed by atoms with Crippen molar-refractivity contribution in [2.45, 2.75) is 97.2 Å². The first-order chi connectivity index (χ1) is 14.9. The van der Waals surface area contributed by atoms with Gasteiger partial charge in [0.1, 0.15) is 0 Å². The van der Waals surface area contributed by atoms with Crippen molar-refractivity contribution >= 4 is 5.91 Å². The first-order valence-corrected chi connectivity index (χ1v) is 12.2. The lowest BCUT2D eigenvalue weighted by atomic mass is 9.81. The SMILES string of the molecule is C=C(CC(C)(C)C)NC(C(=C)N1CCCC1C(=C)NC(C)C(=C)C(N)=O)C1CCCCC1. The van der Waals surface area contributed by atoms with Crippen molar-refractivity contribution in [3.05, 3.63) is 49.0 Å². The zero-order valence-electron chi connectivity index (χ0n) is 20.9. The highest BCUT2D eigenvalue weighted by Gasteiger charge is 2.35. The van der Waals surface area contributed by atoms with Crippen molar-refractivity contribution in [2.75, 3.05) is 6.54 Å². The summed E-state index contributed by atoms with van der Waals surface area (Å²) in [5, 5.41) is 7.15. The van der Waals surface area contributed by atoms with E-state index < -0.39 is 5.91 Å². The van der Waals surface area contributed by atoms with Gasteiger partial charge >= 0.3 is 0 Å². The minimum Gasteiger partial charge on any atom is -0.380 e. The van der Waals surface area contributed by atoms with E-state index in [2.05, 4.69) is 62.6 Å². The van der Waals surface area contributed by atoms with Gasteiger partial charge in [-0.15, -0.1) is 0 Å². The Labute approximate surface area is 196 Å². The molecule has 0 radical (unpaired) electrons. The van der Waals surface area contributed by atoms with E-state index in [0.29, 0.717) is 11.5 Å². The summed E-state index contributed by atoms with van der Waals surface area (Å²) in [6.07, 6.45) is 9.40. The van der Waals surface area contributed by atoms with Gasteiger partial charge in [0.25, 0.3) is 0 Å². The minimum atomic E-state index is -0.482. The smallest absolute Gasteiger partial charge is 0.246 e. The van der Waals surface area contributed by atoms with Gasteiger partial charge in [0.2, 0.25) is 5.91 Å². The van der Waals surface area contributed by atoms with Gasteiger partial charge < -0.3 is 21.3 Å². The maximum Gasteiger partial charge on any atom is 0.246 e. The molecule has 0 spiro atoms. The summed E-state index contributed by atoms with van der Waals surface area (Å²) in [7, 11) is 0. The molecule has 5 heteroatoms. The zero-order valence-corrected chi connectivity index (χ0v) is 20.9. The lowest BCUT2D eigenvalue weighted by Crippen LogP contribution is -2.47. The van der Waals surface area contributed by atoms with Gasteiger partial charge in [-0.05, 0) is 50.4 Å². The van der Waals surface area contributed by atoms with Gasteiger partial charge in [-0.1, -0.05) is 66.3 Å². The molecule has 2 aliphatic rings. The Hall–Kier alpha value is -2.17. The van der Waals surface area contributed by atoms with E-state index in [1.807, 2.05) is 6.92 Å². The predicted molar refractivity (Wildman–Crippen MR) is 136 cm³/mol. The number of likely N-dealkylation sites (tertiary alicyclic amines) is 1. The van der Waals surface area contributed by atoms with Gasteiger partial charge in [0, 0.05) is 29.2 Å². The van der Waals surface area contributed by atoms with Crippen molar-refractivity contribution in [2.24, 2.45) is 17.1 Å². The van der Waals surface area contributed by atoms with E-state index in [9.17, 15) is 4.79 Å². The molecule has 0 aromatic heterocycles. The number of nitrogens with one attached hydrogen (secondary N) is 2. The van der Waals surface area contributed by atoms with Crippen LogP contribution in [0.1, 0.15) is 79.1 Å². The van der Waals surface area contributed by atoms with Crippen LogP contribution in [0.5, 0.6) is 0 Å². The van der Waals surface area contributed by atoms with Crippen LogP contribution in [0.3, 0.4) is 0 Å². The van der Waals surface area contributed by atoms with Crippen LogP contribution in [-0.2, 0) is 4.79 Å². The van der Waals surface area contributed by atoms with Crippen LogP contribution in [0.4, 0.5) is 0 Å². The minimum absolute atomic E-state index is 0.148. The molecular formula is C27H46N4O. The Morgan fingerprint density at radius 3 is 2.22 bits per heavy atom. The van der Waals surface area contributed by atoms with Crippen LogP contribution < -0.4 is 16.4 Å². The van der Waals surface area contributed by atoms with E-state index >= 15 is 0 Å². The molecule has 0 aromatic rings. The molecule has 3 unspecified atom stereocenters. The number of nitrogens with two attached hydrogens (primary N) is 1. The van der Waals surface area contributed by atoms with E-state index in [0.717, 1.165) is 42.9 Å². The lowest BCUT2D eigenvalue weighted by molar-refractivity contribution is -0.114. The summed E-state index contributed by atoms with van der Waals surface area (Å²) < 4.78 is 0. The van der Waals surface area contributed by atoms with Crippen LogP contribution in [0.2, 0.25) is 0 Å². The first kappa shape index (κ1) is 26.1. The standard InChI is InChI=1S/C27H46N4O/c1-18(17-27(6,7)8)29-25(23-13-10-9-11-14-23)22(5)31-16-12-15-24(31)21(4)30-20(3)19(2)26(28)32/h20,23-25,29-30H,1-2,4-5,9-17H2,3,6-8H3,(H2,28,32). The maximum absolute atomic E-state index is 11.5. The van der Waals surface area contributed by atoms with Crippen LogP contribution in [-0.4, -0.2) is 35.5 Å². The Morgan fingerprint density at radius 1 is 1.03 bits per heavy atom. The molecule has 32 heavy (non-hydrogen) atoms. The second-order valence-electron chi connectivity index (χ2n) is 11.0. The molecule has 5 nitrogen and oxygen atoms in total. The molecule has 1 amide bonds. The highest BCUT2D eigenvalue weighted by Crippen LogP contribution is 2.35. The fraction of sp³-hybridized carbons (Fsp3) is 0.667. The predicted octanol–water partition coefficient (Wildman–Crippen LogP) is 4.99. The Balaban J connectivity index is 2.15. The molecular weight excluding hydrogens is 396 g/mol.